The fourth-order valence-corrected chi connectivity index (χ4v) is 5.35. The van der Waals surface area contributed by atoms with Gasteiger partial charge in [-0.25, -0.2) is 9.97 Å². The van der Waals surface area contributed by atoms with E-state index in [2.05, 4.69) is 109 Å². The second-order valence-corrected chi connectivity index (χ2v) is 9.57. The number of benzene rings is 5. The molecule has 0 spiro atoms. The molecule has 0 atom stereocenters. The molecule has 178 valence electrons. The summed E-state index contributed by atoms with van der Waals surface area (Å²) in [5, 5.41) is 2.56. The van der Waals surface area contributed by atoms with Crippen LogP contribution in [0.4, 0.5) is 0 Å². The van der Waals surface area contributed by atoms with Gasteiger partial charge < -0.3 is 4.57 Å². The molecular weight excluding hydrogens is 461 g/mol. The van der Waals surface area contributed by atoms with Crippen LogP contribution in [0.1, 0.15) is 0 Å². The molecule has 0 N–H and O–H groups in total. The van der Waals surface area contributed by atoms with Crippen molar-refractivity contribution in [2.45, 2.75) is 0 Å². The summed E-state index contributed by atoms with van der Waals surface area (Å²) in [5.74, 6) is 0.712. The number of hydrogen-bond donors (Lipinski definition) is 0. The van der Waals surface area contributed by atoms with Gasteiger partial charge in [0.1, 0.15) is 7.85 Å². The lowest BCUT2D eigenvalue weighted by Gasteiger charge is -2.12. The van der Waals surface area contributed by atoms with Gasteiger partial charge >= 0.3 is 0 Å². The Labute approximate surface area is 222 Å². The average Bonchev–Trinajstić information content (AvgIpc) is 3.33. The Kier molecular flexibility index (Phi) is 5.37. The third-order valence-corrected chi connectivity index (χ3v) is 7.13. The van der Waals surface area contributed by atoms with E-state index in [9.17, 15) is 0 Å². The van der Waals surface area contributed by atoms with Gasteiger partial charge in [0.2, 0.25) is 0 Å². The molecule has 7 aromatic rings. The number of hydrogen-bond acceptors (Lipinski definition) is 2. The van der Waals surface area contributed by atoms with Crippen LogP contribution < -0.4 is 5.46 Å². The highest BCUT2D eigenvalue weighted by Gasteiger charge is 2.15. The summed E-state index contributed by atoms with van der Waals surface area (Å²) in [6, 6.07) is 46.4. The van der Waals surface area contributed by atoms with Gasteiger partial charge in [-0.1, -0.05) is 109 Å². The van der Waals surface area contributed by atoms with Crippen LogP contribution >= 0.6 is 0 Å². The lowest BCUT2D eigenvalue weighted by molar-refractivity contribution is 1.16. The van der Waals surface area contributed by atoms with Crippen molar-refractivity contribution in [1.82, 2.24) is 14.5 Å². The maximum atomic E-state index is 5.04. The normalized spacial score (nSPS) is 11.3. The van der Waals surface area contributed by atoms with Crippen molar-refractivity contribution >= 4 is 35.1 Å². The van der Waals surface area contributed by atoms with E-state index in [1.165, 1.54) is 27.3 Å². The van der Waals surface area contributed by atoms with Crippen LogP contribution in [0.5, 0.6) is 0 Å². The van der Waals surface area contributed by atoms with E-state index < -0.39 is 0 Å². The molecule has 0 bridgehead atoms. The van der Waals surface area contributed by atoms with Crippen LogP contribution in [-0.2, 0) is 0 Å². The number of para-hydroxylation sites is 1. The van der Waals surface area contributed by atoms with Crippen LogP contribution in [0.3, 0.4) is 0 Å². The van der Waals surface area contributed by atoms with E-state index >= 15 is 0 Å². The number of rotatable bonds is 4. The van der Waals surface area contributed by atoms with Gasteiger partial charge in [-0.3, -0.25) is 0 Å². The highest BCUT2D eigenvalue weighted by Crippen LogP contribution is 2.33. The van der Waals surface area contributed by atoms with E-state index in [1.54, 1.807) is 0 Å². The number of fused-ring (bicyclic) bond motifs is 3. The van der Waals surface area contributed by atoms with Crippen LogP contribution in [0.15, 0.2) is 133 Å². The molecular formula is C34H24BN3. The zero-order valence-corrected chi connectivity index (χ0v) is 21.0. The van der Waals surface area contributed by atoms with Gasteiger partial charge in [0.05, 0.1) is 22.4 Å². The summed E-state index contributed by atoms with van der Waals surface area (Å²) in [5.41, 5.74) is 9.71. The third kappa shape index (κ3) is 3.79. The second kappa shape index (κ2) is 9.17. The van der Waals surface area contributed by atoms with E-state index in [1.807, 2.05) is 36.4 Å². The summed E-state index contributed by atoms with van der Waals surface area (Å²) in [6.45, 7) is 0. The van der Waals surface area contributed by atoms with Crippen molar-refractivity contribution in [1.29, 1.82) is 0 Å². The third-order valence-electron chi connectivity index (χ3n) is 7.13. The molecule has 7 rings (SSSR count). The Morgan fingerprint density at radius 1 is 0.500 bits per heavy atom. The Morgan fingerprint density at radius 2 is 1.08 bits per heavy atom. The summed E-state index contributed by atoms with van der Waals surface area (Å²) in [7, 11) is 2.18. The van der Waals surface area contributed by atoms with E-state index in [4.69, 9.17) is 9.97 Å². The average molecular weight is 485 g/mol. The first-order chi connectivity index (χ1) is 18.8. The summed E-state index contributed by atoms with van der Waals surface area (Å²) in [4.78, 5) is 10.1. The molecule has 0 aliphatic rings. The van der Waals surface area contributed by atoms with Crippen molar-refractivity contribution in [3.05, 3.63) is 133 Å². The molecule has 3 nitrogen and oxygen atoms in total. The molecule has 0 aliphatic heterocycles. The van der Waals surface area contributed by atoms with Crippen molar-refractivity contribution in [2.75, 3.05) is 0 Å². The van der Waals surface area contributed by atoms with Crippen LogP contribution in [-0.4, -0.2) is 22.4 Å². The zero-order valence-electron chi connectivity index (χ0n) is 21.0. The molecule has 2 heterocycles. The lowest BCUT2D eigenvalue weighted by atomic mass is 9.91. The second-order valence-electron chi connectivity index (χ2n) is 9.57. The summed E-state index contributed by atoms with van der Waals surface area (Å²) < 4.78 is 2.35. The lowest BCUT2D eigenvalue weighted by Crippen LogP contribution is -2.02. The smallest absolute Gasteiger partial charge is 0.160 e. The van der Waals surface area contributed by atoms with E-state index in [0.717, 1.165) is 33.8 Å². The molecule has 0 radical (unpaired) electrons. The van der Waals surface area contributed by atoms with Crippen molar-refractivity contribution in [3.8, 4) is 39.6 Å². The summed E-state index contributed by atoms with van der Waals surface area (Å²) in [6.07, 6.45) is 0. The van der Waals surface area contributed by atoms with Crippen LogP contribution in [0, 0.1) is 0 Å². The number of aromatic nitrogens is 3. The predicted octanol–water partition coefficient (Wildman–Crippen LogP) is 6.83. The first kappa shape index (κ1) is 22.3. The monoisotopic (exact) mass is 485 g/mol. The molecule has 0 aliphatic carbocycles. The minimum absolute atomic E-state index is 0.712. The van der Waals surface area contributed by atoms with Gasteiger partial charge in [0.25, 0.3) is 0 Å². The molecule has 4 heteroatoms. The highest BCUT2D eigenvalue weighted by molar-refractivity contribution is 6.41. The van der Waals surface area contributed by atoms with Gasteiger partial charge in [0, 0.05) is 33.2 Å². The maximum absolute atomic E-state index is 5.04. The van der Waals surface area contributed by atoms with Gasteiger partial charge in [-0.15, -0.1) is 0 Å². The van der Waals surface area contributed by atoms with Crippen LogP contribution in [0.2, 0.25) is 0 Å². The van der Waals surface area contributed by atoms with Crippen molar-refractivity contribution < 1.29 is 0 Å². The van der Waals surface area contributed by atoms with Gasteiger partial charge in [0.15, 0.2) is 5.82 Å². The molecule has 0 amide bonds. The van der Waals surface area contributed by atoms with Gasteiger partial charge in [-0.2, -0.15) is 0 Å². The largest absolute Gasteiger partial charge is 0.309 e. The zero-order chi connectivity index (χ0) is 25.5. The summed E-state index contributed by atoms with van der Waals surface area (Å²) >= 11 is 0. The predicted molar refractivity (Wildman–Crippen MR) is 161 cm³/mol. The first-order valence-electron chi connectivity index (χ1n) is 12.9. The van der Waals surface area contributed by atoms with Crippen LogP contribution in [0.25, 0.3) is 61.4 Å². The Morgan fingerprint density at radius 3 is 1.79 bits per heavy atom. The molecule has 0 unspecified atom stereocenters. The van der Waals surface area contributed by atoms with E-state index in [0.29, 0.717) is 5.82 Å². The minimum Gasteiger partial charge on any atom is -0.309 e. The highest BCUT2D eigenvalue weighted by atomic mass is 15.0. The molecule has 5 aromatic carbocycles. The maximum Gasteiger partial charge on any atom is 0.160 e. The minimum atomic E-state index is 0.712. The number of nitrogens with zero attached hydrogens (tertiary/aromatic N) is 3. The SMILES string of the molecule is Bc1cccc2c1c1ccccc1n2-c1cccc(-c2nc(-c3ccccc3)cc(-c3ccccc3)n2)c1. The molecule has 0 fully saturated rings. The topological polar surface area (TPSA) is 30.7 Å². The van der Waals surface area contributed by atoms with E-state index in [-0.39, 0.29) is 0 Å². The standard InChI is InChI=1S/C34H24BN3/c35-28-18-10-20-32-33(28)27-17-7-8-19-31(27)38(32)26-16-9-15-25(21-26)34-36-29(23-11-3-1-4-12-23)22-30(37-34)24-13-5-2-6-14-24/h1-22H,35H2. The Bertz CT molecular complexity index is 1870. The Balaban J connectivity index is 1.44. The van der Waals surface area contributed by atoms with Gasteiger partial charge in [-0.05, 0) is 30.3 Å². The molecule has 2 aromatic heterocycles. The molecule has 0 saturated carbocycles. The Hall–Kier alpha value is -4.96. The van der Waals surface area contributed by atoms with Crippen molar-refractivity contribution in [3.63, 3.8) is 0 Å². The fourth-order valence-electron chi connectivity index (χ4n) is 5.35. The fraction of sp³-hybridized carbons (Fsp3) is 0. The quantitative estimate of drug-likeness (QED) is 0.256. The molecule has 0 saturated heterocycles. The molecule has 38 heavy (non-hydrogen) atoms. The van der Waals surface area contributed by atoms with Crippen molar-refractivity contribution in [2.24, 2.45) is 0 Å². The first-order valence-corrected chi connectivity index (χ1v) is 12.9.